The van der Waals surface area contributed by atoms with Crippen molar-refractivity contribution in [2.24, 2.45) is 20.5 Å². The molecule has 5 aromatic rings. The van der Waals surface area contributed by atoms with Crippen molar-refractivity contribution in [1.82, 2.24) is 0 Å². The molecule has 0 amide bonds. The van der Waals surface area contributed by atoms with Gasteiger partial charge >= 0.3 is 0 Å². The Balaban J connectivity index is 1.63. The van der Waals surface area contributed by atoms with E-state index in [-0.39, 0.29) is 27.9 Å². The predicted octanol–water partition coefficient (Wildman–Crippen LogP) is 6.43. The number of nitrogens with zero attached hydrogens (tertiary/aromatic N) is 4. The second kappa shape index (κ2) is 10.2. The molecule has 0 aliphatic rings. The van der Waals surface area contributed by atoms with Crippen LogP contribution in [0.5, 0.6) is 17.2 Å². The van der Waals surface area contributed by atoms with Crippen LogP contribution in [0.1, 0.15) is 0 Å². The molecule has 0 heterocycles. The van der Waals surface area contributed by atoms with Gasteiger partial charge in [0, 0.05) is 10.8 Å². The highest BCUT2D eigenvalue weighted by Gasteiger charge is 2.19. The van der Waals surface area contributed by atoms with Gasteiger partial charge in [0.25, 0.3) is 20.2 Å². The van der Waals surface area contributed by atoms with Crippen molar-refractivity contribution in [3.63, 3.8) is 0 Å². The van der Waals surface area contributed by atoms with Gasteiger partial charge in [0.1, 0.15) is 34.2 Å². The molecule has 208 valence electrons. The van der Waals surface area contributed by atoms with Crippen molar-refractivity contribution in [2.45, 2.75) is 9.79 Å². The third-order valence-electron chi connectivity index (χ3n) is 5.98. The zero-order valence-corrected chi connectivity index (χ0v) is 22.1. The quantitative estimate of drug-likeness (QED) is 0.108. The molecular formula is C26H18N4O9S2. The average Bonchev–Trinajstić information content (AvgIpc) is 2.92. The first-order chi connectivity index (χ1) is 19.3. The number of phenolic OH excluding ortho intramolecular Hbond substituents is 3. The van der Waals surface area contributed by atoms with Gasteiger partial charge in [-0.15, -0.1) is 20.5 Å². The van der Waals surface area contributed by atoms with E-state index in [0.717, 1.165) is 29.7 Å². The fraction of sp³-hybridized carbons (Fsp3) is 0. The molecule has 41 heavy (non-hydrogen) atoms. The van der Waals surface area contributed by atoms with Crippen LogP contribution in [0.25, 0.3) is 21.5 Å². The lowest BCUT2D eigenvalue weighted by Gasteiger charge is -2.08. The number of azo groups is 2. The van der Waals surface area contributed by atoms with Crippen LogP contribution in [0, 0.1) is 0 Å². The Kier molecular flexibility index (Phi) is 6.88. The monoisotopic (exact) mass is 594 g/mol. The highest BCUT2D eigenvalue weighted by Crippen LogP contribution is 2.43. The first-order valence-corrected chi connectivity index (χ1v) is 14.3. The van der Waals surface area contributed by atoms with E-state index in [9.17, 15) is 41.3 Å². The largest absolute Gasteiger partial charge is 0.506 e. The minimum absolute atomic E-state index is 0.0351. The van der Waals surface area contributed by atoms with Crippen LogP contribution in [0.15, 0.2) is 109 Å². The Morgan fingerprint density at radius 3 is 1.59 bits per heavy atom. The lowest BCUT2D eigenvalue weighted by Crippen LogP contribution is -1.97. The van der Waals surface area contributed by atoms with Gasteiger partial charge in [-0.05, 0) is 47.2 Å². The third-order valence-corrected chi connectivity index (χ3v) is 7.66. The molecule has 5 rings (SSSR count). The second-order valence-electron chi connectivity index (χ2n) is 8.63. The summed E-state index contributed by atoms with van der Waals surface area (Å²) in [6, 6.07) is 17.7. The van der Waals surface area contributed by atoms with E-state index in [1.165, 1.54) is 24.3 Å². The summed E-state index contributed by atoms with van der Waals surface area (Å²) in [7, 11) is -9.34. The summed E-state index contributed by atoms with van der Waals surface area (Å²) >= 11 is 0. The third kappa shape index (κ3) is 5.55. The molecule has 0 spiro atoms. The Hall–Kier alpha value is -4.96. The normalized spacial score (nSPS) is 12.6. The minimum atomic E-state index is -4.83. The van der Waals surface area contributed by atoms with Crippen LogP contribution in [0.3, 0.4) is 0 Å². The van der Waals surface area contributed by atoms with Crippen LogP contribution in [-0.2, 0) is 20.2 Å². The zero-order valence-electron chi connectivity index (χ0n) is 20.5. The molecule has 0 atom stereocenters. The van der Waals surface area contributed by atoms with Gasteiger partial charge in [-0.3, -0.25) is 9.11 Å². The minimum Gasteiger partial charge on any atom is -0.506 e. The first-order valence-electron chi connectivity index (χ1n) is 11.4. The topological polar surface area (TPSA) is 219 Å². The van der Waals surface area contributed by atoms with Crippen LogP contribution in [-0.4, -0.2) is 41.3 Å². The van der Waals surface area contributed by atoms with Crippen molar-refractivity contribution in [1.29, 1.82) is 0 Å². The molecular weight excluding hydrogens is 576 g/mol. The van der Waals surface area contributed by atoms with Gasteiger partial charge in [0.05, 0.1) is 9.79 Å². The molecule has 0 unspecified atom stereocenters. The summed E-state index contributed by atoms with van der Waals surface area (Å²) < 4.78 is 65.8. The van der Waals surface area contributed by atoms with Crippen molar-refractivity contribution < 1.29 is 41.3 Å². The summed E-state index contributed by atoms with van der Waals surface area (Å²) in [5, 5.41) is 48.8. The summed E-state index contributed by atoms with van der Waals surface area (Å²) in [6.07, 6.45) is 0. The Morgan fingerprint density at radius 2 is 1.02 bits per heavy atom. The smallest absolute Gasteiger partial charge is 0.294 e. The van der Waals surface area contributed by atoms with Crippen molar-refractivity contribution >= 4 is 64.5 Å². The van der Waals surface area contributed by atoms with E-state index in [1.54, 1.807) is 30.3 Å². The summed E-state index contributed by atoms with van der Waals surface area (Å²) in [5.74, 6) is -1.32. The van der Waals surface area contributed by atoms with Gasteiger partial charge in [0.2, 0.25) is 0 Å². The fourth-order valence-electron chi connectivity index (χ4n) is 3.98. The molecule has 0 bridgehead atoms. The molecule has 0 fully saturated rings. The maximum atomic E-state index is 11.9. The molecule has 0 aromatic heterocycles. The predicted molar refractivity (Wildman–Crippen MR) is 147 cm³/mol. The average molecular weight is 595 g/mol. The van der Waals surface area contributed by atoms with Crippen LogP contribution in [0.4, 0.5) is 22.7 Å². The first kappa shape index (κ1) is 27.6. The highest BCUT2D eigenvalue weighted by atomic mass is 32.2. The maximum Gasteiger partial charge on any atom is 0.294 e. The molecule has 0 saturated heterocycles. The summed E-state index contributed by atoms with van der Waals surface area (Å²) in [5.41, 5.74) is -1.07. The Labute approximate surface area is 231 Å². The number of fused-ring (bicyclic) bond motifs is 2. The standard InChI is InChI=1S/C26H18N4O9S2/c31-22-9-5-14-3-1-2-4-18(14)24(22)29-27-20-12-17(41(37,38)39)13-21(26(20)33)28-30-25-19-8-7-16(40(34,35)36)11-15(19)6-10-23(25)32/h1-13,31-33H,(H,34,35,36)(H,37,38,39). The van der Waals surface area contributed by atoms with Crippen LogP contribution in [0.2, 0.25) is 0 Å². The zero-order chi connectivity index (χ0) is 29.5. The van der Waals surface area contributed by atoms with E-state index >= 15 is 0 Å². The number of benzene rings is 5. The van der Waals surface area contributed by atoms with E-state index in [1.807, 2.05) is 0 Å². The lowest BCUT2D eigenvalue weighted by molar-refractivity contribution is 0.472. The van der Waals surface area contributed by atoms with Crippen LogP contribution >= 0.6 is 0 Å². The number of hydrogen-bond acceptors (Lipinski definition) is 11. The van der Waals surface area contributed by atoms with Gasteiger partial charge < -0.3 is 15.3 Å². The number of hydrogen-bond donors (Lipinski definition) is 5. The SMILES string of the molecule is O=S(=O)(O)c1cc(N=Nc2c(O)ccc3ccccc23)c(O)c(N=Nc2c(O)ccc3cc(S(=O)(=O)O)ccc23)c1. The van der Waals surface area contributed by atoms with E-state index in [0.29, 0.717) is 5.39 Å². The summed E-state index contributed by atoms with van der Waals surface area (Å²) in [4.78, 5) is -1.11. The Morgan fingerprint density at radius 1 is 0.512 bits per heavy atom. The summed E-state index contributed by atoms with van der Waals surface area (Å²) in [6.45, 7) is 0. The van der Waals surface area contributed by atoms with E-state index in [4.69, 9.17) is 0 Å². The second-order valence-corrected chi connectivity index (χ2v) is 11.5. The highest BCUT2D eigenvalue weighted by molar-refractivity contribution is 7.86. The fourth-order valence-corrected chi connectivity index (χ4v) is 5.02. The maximum absolute atomic E-state index is 11.9. The molecule has 13 nitrogen and oxygen atoms in total. The molecule has 0 aliphatic heterocycles. The van der Waals surface area contributed by atoms with Crippen molar-refractivity contribution in [3.8, 4) is 17.2 Å². The van der Waals surface area contributed by atoms with Gasteiger partial charge in [-0.2, -0.15) is 16.8 Å². The van der Waals surface area contributed by atoms with Crippen molar-refractivity contribution in [2.75, 3.05) is 0 Å². The van der Waals surface area contributed by atoms with Gasteiger partial charge in [-0.25, -0.2) is 0 Å². The number of rotatable bonds is 6. The lowest BCUT2D eigenvalue weighted by atomic mass is 10.1. The molecule has 15 heteroatoms. The molecule has 5 N–H and O–H groups in total. The molecule has 0 aliphatic carbocycles. The van der Waals surface area contributed by atoms with E-state index < -0.39 is 52.9 Å². The Bertz CT molecular complexity index is 2150. The molecule has 5 aromatic carbocycles. The van der Waals surface area contributed by atoms with Gasteiger partial charge in [-0.1, -0.05) is 42.5 Å². The van der Waals surface area contributed by atoms with E-state index in [2.05, 4.69) is 20.5 Å². The van der Waals surface area contributed by atoms with Crippen molar-refractivity contribution in [3.05, 3.63) is 78.9 Å². The molecule has 0 saturated carbocycles. The number of aromatic hydroxyl groups is 3. The van der Waals surface area contributed by atoms with Gasteiger partial charge in [0.15, 0.2) is 5.75 Å². The van der Waals surface area contributed by atoms with Crippen LogP contribution < -0.4 is 0 Å². The molecule has 0 radical (unpaired) electrons. The number of phenols is 3.